The Balaban J connectivity index is 1.34. The zero-order valence-electron chi connectivity index (χ0n) is 20.0. The number of nitrogens with one attached hydrogen (secondary N) is 1. The number of hydrogen-bond acceptors (Lipinski definition) is 7. The molecule has 0 aliphatic carbocycles. The Labute approximate surface area is 215 Å². The van der Waals surface area contributed by atoms with E-state index >= 15 is 0 Å². The van der Waals surface area contributed by atoms with Gasteiger partial charge in [-0.3, -0.25) is 4.79 Å². The molecule has 5 rings (SSSR count). The molecular weight excluding hydrogens is 494 g/mol. The van der Waals surface area contributed by atoms with Gasteiger partial charge in [-0.15, -0.1) is 0 Å². The van der Waals surface area contributed by atoms with Crippen LogP contribution in [-0.2, 0) is 10.0 Å². The number of benzene rings is 2. The van der Waals surface area contributed by atoms with Crippen molar-refractivity contribution in [2.75, 3.05) is 31.1 Å². The monoisotopic (exact) mass is 523 g/mol. The van der Waals surface area contributed by atoms with Crippen molar-refractivity contribution in [3.63, 3.8) is 0 Å². The van der Waals surface area contributed by atoms with Crippen LogP contribution in [0.4, 0.5) is 5.13 Å². The van der Waals surface area contributed by atoms with Crippen LogP contribution in [0.5, 0.6) is 0 Å². The summed E-state index contributed by atoms with van der Waals surface area (Å²) in [5, 5.41) is 5.16. The molecular formula is C26H29N5O3S2. The minimum atomic E-state index is -3.60. The number of piperidine rings is 1. The molecule has 2 saturated heterocycles. The van der Waals surface area contributed by atoms with Crippen molar-refractivity contribution in [3.8, 4) is 11.3 Å². The van der Waals surface area contributed by atoms with Crippen molar-refractivity contribution in [1.29, 1.82) is 0 Å². The second-order valence-electron chi connectivity index (χ2n) is 8.96. The number of carbonyl (C=O) groups excluding carboxylic acids is 1. The summed E-state index contributed by atoms with van der Waals surface area (Å²) >= 11 is 1.56. The highest BCUT2D eigenvalue weighted by Gasteiger charge is 2.27. The molecule has 0 atom stereocenters. The van der Waals surface area contributed by atoms with Crippen LogP contribution in [0.15, 0.2) is 64.6 Å². The summed E-state index contributed by atoms with van der Waals surface area (Å²) in [5.74, 6) is -0.466. The summed E-state index contributed by atoms with van der Waals surface area (Å²) in [6, 6.07) is 16.0. The Morgan fingerprint density at radius 2 is 1.67 bits per heavy atom. The number of nitrogens with zero attached hydrogens (tertiary/aromatic N) is 4. The van der Waals surface area contributed by atoms with Gasteiger partial charge in [0.15, 0.2) is 5.13 Å². The predicted molar refractivity (Wildman–Crippen MR) is 143 cm³/mol. The SMILES string of the molecule is O=C(N/N=C\c1sc(N2CCCCC2)nc1-c1ccccc1)c1cccc(S(=O)(=O)N2CCCC2)c1. The van der Waals surface area contributed by atoms with Gasteiger partial charge in [0.1, 0.15) is 0 Å². The molecule has 188 valence electrons. The van der Waals surface area contributed by atoms with E-state index in [9.17, 15) is 13.2 Å². The van der Waals surface area contributed by atoms with Crippen LogP contribution < -0.4 is 10.3 Å². The molecule has 0 unspecified atom stereocenters. The van der Waals surface area contributed by atoms with E-state index in [1.54, 1.807) is 29.7 Å². The molecule has 2 fully saturated rings. The molecule has 1 amide bonds. The molecule has 0 bridgehead atoms. The number of anilines is 1. The van der Waals surface area contributed by atoms with Crippen LogP contribution in [0, 0.1) is 0 Å². The topological polar surface area (TPSA) is 95.0 Å². The van der Waals surface area contributed by atoms with E-state index in [0.29, 0.717) is 13.1 Å². The van der Waals surface area contributed by atoms with Gasteiger partial charge in [-0.1, -0.05) is 47.7 Å². The maximum atomic E-state index is 12.9. The van der Waals surface area contributed by atoms with Crippen molar-refractivity contribution < 1.29 is 13.2 Å². The van der Waals surface area contributed by atoms with Crippen LogP contribution >= 0.6 is 11.3 Å². The molecule has 2 aromatic carbocycles. The number of thiazole rings is 1. The number of hydrazone groups is 1. The molecule has 0 saturated carbocycles. The number of rotatable bonds is 7. The third-order valence-corrected chi connectivity index (χ3v) is 9.41. The smallest absolute Gasteiger partial charge is 0.271 e. The normalized spacial score (nSPS) is 17.1. The van der Waals surface area contributed by atoms with Gasteiger partial charge in [0.05, 0.1) is 21.7 Å². The molecule has 1 N–H and O–H groups in total. The van der Waals surface area contributed by atoms with Gasteiger partial charge >= 0.3 is 0 Å². The first-order valence-corrected chi connectivity index (χ1v) is 14.5. The highest BCUT2D eigenvalue weighted by Crippen LogP contribution is 2.33. The fourth-order valence-corrected chi connectivity index (χ4v) is 7.09. The average molecular weight is 524 g/mol. The number of carbonyl (C=O) groups is 1. The quantitative estimate of drug-likeness (QED) is 0.367. The van der Waals surface area contributed by atoms with Crippen LogP contribution in [0.25, 0.3) is 11.3 Å². The maximum absolute atomic E-state index is 12.9. The zero-order chi connectivity index (χ0) is 25.0. The molecule has 1 aromatic heterocycles. The number of hydrogen-bond donors (Lipinski definition) is 1. The fraction of sp³-hybridized carbons (Fsp3) is 0.346. The summed E-state index contributed by atoms with van der Waals surface area (Å²) in [4.78, 5) is 21.0. The third-order valence-electron chi connectivity index (χ3n) is 6.46. The van der Waals surface area contributed by atoms with Crippen LogP contribution in [0.1, 0.15) is 47.3 Å². The van der Waals surface area contributed by atoms with Crippen LogP contribution in [0.2, 0.25) is 0 Å². The molecule has 3 aromatic rings. The predicted octanol–water partition coefficient (Wildman–Crippen LogP) is 4.35. The first kappa shape index (κ1) is 24.6. The van der Waals surface area contributed by atoms with Gasteiger partial charge in [-0.25, -0.2) is 18.8 Å². The van der Waals surface area contributed by atoms with Gasteiger partial charge in [-0.2, -0.15) is 9.41 Å². The lowest BCUT2D eigenvalue weighted by Crippen LogP contribution is -2.29. The van der Waals surface area contributed by atoms with Crippen LogP contribution in [-0.4, -0.2) is 56.0 Å². The lowest BCUT2D eigenvalue weighted by Gasteiger charge is -2.25. The van der Waals surface area contributed by atoms with Gasteiger partial charge in [0.2, 0.25) is 10.0 Å². The van der Waals surface area contributed by atoms with Gasteiger partial charge in [0, 0.05) is 37.3 Å². The Morgan fingerprint density at radius 1 is 0.944 bits per heavy atom. The van der Waals surface area contributed by atoms with Crippen LogP contribution in [0.3, 0.4) is 0 Å². The van der Waals surface area contributed by atoms with Crippen molar-refractivity contribution in [2.45, 2.75) is 37.0 Å². The Kier molecular flexibility index (Phi) is 7.45. The second-order valence-corrected chi connectivity index (χ2v) is 11.9. The van der Waals surface area contributed by atoms with E-state index < -0.39 is 15.9 Å². The Hall–Kier alpha value is -3.08. The summed E-state index contributed by atoms with van der Waals surface area (Å²) in [6.45, 7) is 3.01. The molecule has 2 aliphatic heterocycles. The van der Waals surface area contributed by atoms with Crippen molar-refractivity contribution >= 4 is 38.6 Å². The highest BCUT2D eigenvalue weighted by atomic mass is 32.2. The van der Waals surface area contributed by atoms with Crippen molar-refractivity contribution in [3.05, 3.63) is 65.0 Å². The van der Waals surface area contributed by atoms with E-state index in [2.05, 4.69) is 15.4 Å². The van der Waals surface area contributed by atoms with E-state index in [1.807, 2.05) is 30.3 Å². The Morgan fingerprint density at radius 3 is 2.42 bits per heavy atom. The molecule has 0 radical (unpaired) electrons. The first-order valence-electron chi connectivity index (χ1n) is 12.3. The van der Waals surface area contributed by atoms with Crippen molar-refractivity contribution in [2.24, 2.45) is 5.10 Å². The third kappa shape index (κ3) is 5.35. The Bertz CT molecular complexity index is 1340. The summed E-state index contributed by atoms with van der Waals surface area (Å²) in [5.41, 5.74) is 4.62. The number of aromatic nitrogens is 1. The summed E-state index contributed by atoms with van der Waals surface area (Å²) < 4.78 is 27.2. The first-order chi connectivity index (χ1) is 17.5. The van der Waals surface area contributed by atoms with Crippen molar-refractivity contribution in [1.82, 2.24) is 14.7 Å². The summed E-state index contributed by atoms with van der Waals surface area (Å²) in [7, 11) is -3.60. The van der Waals surface area contributed by atoms with Gasteiger partial charge in [0.25, 0.3) is 5.91 Å². The largest absolute Gasteiger partial charge is 0.348 e. The number of sulfonamides is 1. The zero-order valence-corrected chi connectivity index (χ0v) is 21.6. The number of amides is 1. The fourth-order valence-electron chi connectivity index (χ4n) is 4.52. The maximum Gasteiger partial charge on any atom is 0.271 e. The molecule has 36 heavy (non-hydrogen) atoms. The standard InChI is InChI=1S/C26H29N5O3S2/c32-25(21-12-9-13-22(18-21)36(33,34)31-16-7-8-17-31)29-27-19-23-24(20-10-3-1-4-11-20)28-26(35-23)30-14-5-2-6-15-30/h1,3-4,9-13,18-19H,2,5-8,14-17H2,(H,29,32)/b27-19-. The molecule has 3 heterocycles. The van der Waals surface area contributed by atoms with E-state index in [1.165, 1.54) is 22.9 Å². The molecule has 8 nitrogen and oxygen atoms in total. The second kappa shape index (κ2) is 10.9. The molecule has 10 heteroatoms. The lowest BCUT2D eigenvalue weighted by atomic mass is 10.1. The summed E-state index contributed by atoms with van der Waals surface area (Å²) in [6.07, 6.45) is 6.90. The molecule has 2 aliphatic rings. The highest BCUT2D eigenvalue weighted by molar-refractivity contribution is 7.89. The van der Waals surface area contributed by atoms with Gasteiger partial charge in [-0.05, 0) is 50.3 Å². The lowest BCUT2D eigenvalue weighted by molar-refractivity contribution is 0.0955. The van der Waals surface area contributed by atoms with Gasteiger partial charge < -0.3 is 4.90 Å². The molecule has 0 spiro atoms. The minimum absolute atomic E-state index is 0.126. The minimum Gasteiger partial charge on any atom is -0.348 e. The van der Waals surface area contributed by atoms with E-state index in [-0.39, 0.29) is 10.5 Å². The van der Waals surface area contributed by atoms with E-state index in [0.717, 1.165) is 60.0 Å². The van der Waals surface area contributed by atoms with E-state index in [4.69, 9.17) is 4.98 Å². The average Bonchev–Trinajstić information content (AvgIpc) is 3.61.